The van der Waals surface area contributed by atoms with Crippen LogP contribution in [-0.2, 0) is 11.3 Å². The minimum Gasteiger partial charge on any atom is -0.445 e. The SMILES string of the molecule is O=C(NCCC#Cc1cc(Cl)ccn1)OCc1ccccc1. The van der Waals surface area contributed by atoms with Gasteiger partial charge in [-0.1, -0.05) is 47.9 Å². The average Bonchev–Trinajstić information content (AvgIpc) is 2.54. The molecule has 0 aliphatic rings. The van der Waals surface area contributed by atoms with Crippen LogP contribution in [0.4, 0.5) is 4.79 Å². The maximum absolute atomic E-state index is 11.5. The number of nitrogens with one attached hydrogen (secondary N) is 1. The van der Waals surface area contributed by atoms with E-state index in [2.05, 4.69) is 22.1 Å². The van der Waals surface area contributed by atoms with Gasteiger partial charge in [0.25, 0.3) is 0 Å². The molecule has 1 aromatic carbocycles. The van der Waals surface area contributed by atoms with Gasteiger partial charge in [0.1, 0.15) is 12.3 Å². The zero-order valence-electron chi connectivity index (χ0n) is 11.9. The number of ether oxygens (including phenoxy) is 1. The zero-order chi connectivity index (χ0) is 15.6. The zero-order valence-corrected chi connectivity index (χ0v) is 12.6. The van der Waals surface area contributed by atoms with Gasteiger partial charge >= 0.3 is 6.09 Å². The van der Waals surface area contributed by atoms with E-state index in [4.69, 9.17) is 16.3 Å². The van der Waals surface area contributed by atoms with Gasteiger partial charge in [0, 0.05) is 24.2 Å². The lowest BCUT2D eigenvalue weighted by Gasteiger charge is -2.05. The Balaban J connectivity index is 1.65. The van der Waals surface area contributed by atoms with Crippen molar-refractivity contribution in [1.29, 1.82) is 0 Å². The van der Waals surface area contributed by atoms with Gasteiger partial charge in [0.2, 0.25) is 0 Å². The second-order valence-electron chi connectivity index (χ2n) is 4.40. The first-order valence-electron chi connectivity index (χ1n) is 6.79. The molecule has 0 radical (unpaired) electrons. The van der Waals surface area contributed by atoms with Crippen molar-refractivity contribution >= 4 is 17.7 Å². The summed E-state index contributed by atoms with van der Waals surface area (Å²) in [7, 11) is 0. The molecule has 1 N–H and O–H groups in total. The van der Waals surface area contributed by atoms with Crippen molar-refractivity contribution in [3.05, 3.63) is 64.9 Å². The molecule has 0 saturated heterocycles. The molecule has 1 amide bonds. The van der Waals surface area contributed by atoms with E-state index in [1.807, 2.05) is 30.3 Å². The number of amides is 1. The van der Waals surface area contributed by atoms with Gasteiger partial charge in [0.05, 0.1) is 0 Å². The molecule has 2 aromatic rings. The Labute approximate surface area is 134 Å². The molecule has 0 atom stereocenters. The normalized spacial score (nSPS) is 9.50. The van der Waals surface area contributed by atoms with E-state index >= 15 is 0 Å². The quantitative estimate of drug-likeness (QED) is 0.695. The maximum Gasteiger partial charge on any atom is 0.407 e. The Morgan fingerprint density at radius 3 is 2.86 bits per heavy atom. The minimum atomic E-state index is -0.452. The average molecular weight is 315 g/mol. The third-order valence-corrected chi connectivity index (χ3v) is 2.91. The summed E-state index contributed by atoms with van der Waals surface area (Å²) in [6, 6.07) is 12.9. The van der Waals surface area contributed by atoms with Gasteiger partial charge in [-0.15, -0.1) is 0 Å². The summed E-state index contributed by atoms with van der Waals surface area (Å²) in [6.07, 6.45) is 1.66. The molecule has 0 bridgehead atoms. The summed E-state index contributed by atoms with van der Waals surface area (Å²) < 4.78 is 5.08. The van der Waals surface area contributed by atoms with Gasteiger partial charge < -0.3 is 10.1 Å². The molecule has 0 saturated carbocycles. The number of pyridine rings is 1. The molecule has 112 valence electrons. The van der Waals surface area contributed by atoms with E-state index in [0.29, 0.717) is 23.7 Å². The molecule has 0 spiro atoms. The van der Waals surface area contributed by atoms with Gasteiger partial charge in [-0.05, 0) is 23.6 Å². The fraction of sp³-hybridized carbons (Fsp3) is 0.176. The topological polar surface area (TPSA) is 51.2 Å². The number of carbonyl (C=O) groups excluding carboxylic acids is 1. The highest BCUT2D eigenvalue weighted by Gasteiger charge is 2.00. The van der Waals surface area contributed by atoms with Gasteiger partial charge in [-0.2, -0.15) is 0 Å². The third kappa shape index (κ3) is 5.86. The largest absolute Gasteiger partial charge is 0.445 e. The highest BCUT2D eigenvalue weighted by molar-refractivity contribution is 6.30. The number of hydrogen-bond acceptors (Lipinski definition) is 3. The molecule has 1 heterocycles. The van der Waals surface area contributed by atoms with E-state index in [-0.39, 0.29) is 6.61 Å². The Morgan fingerprint density at radius 1 is 1.27 bits per heavy atom. The van der Waals surface area contributed by atoms with Crippen LogP contribution in [0, 0.1) is 11.8 Å². The van der Waals surface area contributed by atoms with Crippen molar-refractivity contribution in [2.45, 2.75) is 13.0 Å². The summed E-state index contributed by atoms with van der Waals surface area (Å²) in [4.78, 5) is 15.5. The fourth-order valence-corrected chi connectivity index (χ4v) is 1.79. The van der Waals surface area contributed by atoms with Crippen LogP contribution in [0.1, 0.15) is 17.7 Å². The Bertz CT molecular complexity index is 678. The first-order chi connectivity index (χ1) is 10.7. The van der Waals surface area contributed by atoms with Crippen LogP contribution in [0.25, 0.3) is 0 Å². The summed E-state index contributed by atoms with van der Waals surface area (Å²) >= 11 is 5.83. The number of hydrogen-bond donors (Lipinski definition) is 1. The third-order valence-electron chi connectivity index (χ3n) is 2.67. The smallest absolute Gasteiger partial charge is 0.407 e. The number of benzene rings is 1. The number of rotatable bonds is 4. The monoisotopic (exact) mass is 314 g/mol. The number of alkyl carbamates (subject to hydrolysis) is 1. The lowest BCUT2D eigenvalue weighted by Crippen LogP contribution is -2.24. The predicted octanol–water partition coefficient (Wildman–Crippen LogP) is 3.40. The van der Waals surface area contributed by atoms with Crippen LogP contribution in [-0.4, -0.2) is 17.6 Å². The second kappa shape index (κ2) is 8.71. The van der Waals surface area contributed by atoms with Crippen LogP contribution >= 0.6 is 11.6 Å². The van der Waals surface area contributed by atoms with Gasteiger partial charge in [-0.3, -0.25) is 0 Å². The van der Waals surface area contributed by atoms with E-state index in [9.17, 15) is 4.79 Å². The predicted molar refractivity (Wildman–Crippen MR) is 85.4 cm³/mol. The highest BCUT2D eigenvalue weighted by Crippen LogP contribution is 2.06. The summed E-state index contributed by atoms with van der Waals surface area (Å²) in [5, 5.41) is 3.24. The summed E-state index contributed by atoms with van der Waals surface area (Å²) in [6.45, 7) is 0.673. The van der Waals surface area contributed by atoms with Gasteiger partial charge in [0.15, 0.2) is 0 Å². The fourth-order valence-electron chi connectivity index (χ4n) is 1.63. The first-order valence-corrected chi connectivity index (χ1v) is 7.17. The maximum atomic E-state index is 11.5. The molecule has 0 fully saturated rings. The van der Waals surface area contributed by atoms with E-state index < -0.39 is 6.09 Å². The first kappa shape index (κ1) is 15.9. The van der Waals surface area contributed by atoms with Crippen LogP contribution in [0.3, 0.4) is 0 Å². The Hall–Kier alpha value is -2.51. The van der Waals surface area contributed by atoms with Crippen molar-refractivity contribution in [1.82, 2.24) is 10.3 Å². The molecule has 0 unspecified atom stereocenters. The molecule has 0 aliphatic carbocycles. The van der Waals surface area contributed by atoms with E-state index in [1.165, 1.54) is 0 Å². The highest BCUT2D eigenvalue weighted by atomic mass is 35.5. The van der Waals surface area contributed by atoms with Crippen molar-refractivity contribution < 1.29 is 9.53 Å². The number of aromatic nitrogens is 1. The lowest BCUT2D eigenvalue weighted by molar-refractivity contribution is 0.140. The van der Waals surface area contributed by atoms with Crippen LogP contribution in [0.2, 0.25) is 5.02 Å². The number of nitrogens with zero attached hydrogens (tertiary/aromatic N) is 1. The van der Waals surface area contributed by atoms with Crippen molar-refractivity contribution in [3.8, 4) is 11.8 Å². The Kier molecular flexibility index (Phi) is 6.28. The van der Waals surface area contributed by atoms with E-state index in [1.54, 1.807) is 18.3 Å². The molecule has 1 aromatic heterocycles. The standard InChI is InChI=1S/C17H15ClN2O2/c18-15-9-11-19-16(12-15)8-4-5-10-20-17(21)22-13-14-6-2-1-3-7-14/h1-3,6-7,9,11-12H,5,10,13H2,(H,20,21). The molecule has 0 aliphatic heterocycles. The summed E-state index contributed by atoms with van der Waals surface area (Å²) in [5.74, 6) is 5.80. The lowest BCUT2D eigenvalue weighted by atomic mass is 10.2. The molecular formula is C17H15ClN2O2. The number of halogens is 1. The number of carbonyl (C=O) groups is 1. The molecular weight excluding hydrogens is 300 g/mol. The van der Waals surface area contributed by atoms with E-state index in [0.717, 1.165) is 5.56 Å². The Morgan fingerprint density at radius 2 is 2.09 bits per heavy atom. The molecule has 2 rings (SSSR count). The molecule has 22 heavy (non-hydrogen) atoms. The van der Waals surface area contributed by atoms with Crippen LogP contribution in [0.15, 0.2) is 48.7 Å². The van der Waals surface area contributed by atoms with Crippen molar-refractivity contribution in [2.75, 3.05) is 6.54 Å². The van der Waals surface area contributed by atoms with Crippen molar-refractivity contribution in [3.63, 3.8) is 0 Å². The summed E-state index contributed by atoms with van der Waals surface area (Å²) in [5.41, 5.74) is 1.56. The molecule has 5 heteroatoms. The van der Waals surface area contributed by atoms with Crippen LogP contribution < -0.4 is 5.32 Å². The molecule has 4 nitrogen and oxygen atoms in total. The second-order valence-corrected chi connectivity index (χ2v) is 4.84. The minimum absolute atomic E-state index is 0.255. The van der Waals surface area contributed by atoms with Gasteiger partial charge in [-0.25, -0.2) is 9.78 Å². The van der Waals surface area contributed by atoms with Crippen molar-refractivity contribution in [2.24, 2.45) is 0 Å². The van der Waals surface area contributed by atoms with Crippen LogP contribution in [0.5, 0.6) is 0 Å².